The van der Waals surface area contributed by atoms with Crippen molar-refractivity contribution < 1.29 is 44.1 Å². The molecule has 0 spiro atoms. The van der Waals surface area contributed by atoms with E-state index in [1.807, 2.05) is 0 Å². The fourth-order valence-electron chi connectivity index (χ4n) is 0.782. The molecule has 0 aromatic rings. The molecule has 17 heavy (non-hydrogen) atoms. The average molecular weight is 284 g/mol. The van der Waals surface area contributed by atoms with Gasteiger partial charge in [0, 0.05) is 0 Å². The third kappa shape index (κ3) is 8.36. The first-order valence-corrected chi connectivity index (χ1v) is 5.59. The van der Waals surface area contributed by atoms with Crippen molar-refractivity contribution in [1.29, 1.82) is 0 Å². The number of carbonyl (C=O) groups is 1. The normalized spacial score (nSPS) is 18.7. The predicted molar refractivity (Wildman–Crippen MR) is 55.2 cm³/mol. The second kappa shape index (κ2) is 8.68. The Morgan fingerprint density at radius 3 is 1.94 bits per heavy atom. The zero-order chi connectivity index (χ0) is 12.9. The van der Waals surface area contributed by atoms with E-state index in [0.717, 1.165) is 0 Å². The number of phosphoric acid groups is 1. The van der Waals surface area contributed by atoms with Gasteiger partial charge in [0.25, 0.3) is 0 Å². The van der Waals surface area contributed by atoms with E-state index < -0.39 is 38.8 Å². The van der Waals surface area contributed by atoms with Crippen molar-refractivity contribution in [2.24, 2.45) is 0 Å². The number of carbonyl (C=O) groups excluding carboxylic acids is 1. The fourth-order valence-corrected chi connectivity index (χ4v) is 1.13. The Kier molecular flexibility index (Phi) is 10.2. The summed E-state index contributed by atoms with van der Waals surface area (Å²) in [6, 6.07) is 0. The standard InChI is InChI=1S/C6H13O9P.Na.H/c7-1-3(8)5(10)6(11)4(9)2-15-16(12,13)14;;/h1,3-6,8-11H,2H2,(H2,12,13,14);;/t3-,4+,5+,6+;;/m0../s1. The molecule has 0 aromatic carbocycles. The minimum atomic E-state index is -4.80. The summed E-state index contributed by atoms with van der Waals surface area (Å²) < 4.78 is 14.1. The molecule has 98 valence electrons. The van der Waals surface area contributed by atoms with Crippen molar-refractivity contribution in [3.8, 4) is 0 Å². The number of hydrogen-bond donors (Lipinski definition) is 6. The van der Waals surface area contributed by atoms with Gasteiger partial charge in [0.15, 0.2) is 6.29 Å². The molecule has 11 heteroatoms. The molecule has 6 N–H and O–H groups in total. The number of phosphoric ester groups is 1. The summed E-state index contributed by atoms with van der Waals surface area (Å²) in [6.07, 6.45) is -7.80. The molecule has 0 heterocycles. The van der Waals surface area contributed by atoms with E-state index in [0.29, 0.717) is 0 Å². The fraction of sp³-hybridized carbons (Fsp3) is 0.833. The molecule has 0 bridgehead atoms. The SMILES string of the molecule is O=C[C@H](O)[C@@H](O)[C@H](O)[C@H](O)COP(=O)(O)O.[NaH]. The van der Waals surface area contributed by atoms with Gasteiger partial charge in [-0.25, -0.2) is 4.57 Å². The van der Waals surface area contributed by atoms with E-state index in [1.54, 1.807) is 0 Å². The Morgan fingerprint density at radius 2 is 1.59 bits per heavy atom. The number of rotatable bonds is 7. The summed E-state index contributed by atoms with van der Waals surface area (Å²) >= 11 is 0. The van der Waals surface area contributed by atoms with E-state index in [1.165, 1.54) is 0 Å². The van der Waals surface area contributed by atoms with Crippen LogP contribution < -0.4 is 0 Å². The van der Waals surface area contributed by atoms with E-state index in [9.17, 15) is 9.36 Å². The Labute approximate surface area is 119 Å². The van der Waals surface area contributed by atoms with Crippen LogP contribution in [0.5, 0.6) is 0 Å². The summed E-state index contributed by atoms with van der Waals surface area (Å²) in [5.41, 5.74) is 0. The minimum absolute atomic E-state index is 0. The number of hydrogen-bond acceptors (Lipinski definition) is 7. The molecule has 0 aliphatic heterocycles. The molecular weight excluding hydrogens is 270 g/mol. The van der Waals surface area contributed by atoms with Crippen LogP contribution in [0.4, 0.5) is 0 Å². The quantitative estimate of drug-likeness (QED) is 0.156. The zero-order valence-corrected chi connectivity index (χ0v) is 8.84. The van der Waals surface area contributed by atoms with Crippen LogP contribution in [-0.4, -0.2) is 97.1 Å². The van der Waals surface area contributed by atoms with Crippen molar-refractivity contribution in [1.82, 2.24) is 0 Å². The maximum absolute atomic E-state index is 10.2. The van der Waals surface area contributed by atoms with Crippen LogP contribution in [-0.2, 0) is 13.9 Å². The molecule has 0 aliphatic rings. The first-order chi connectivity index (χ1) is 7.19. The van der Waals surface area contributed by atoms with E-state index >= 15 is 0 Å². The summed E-state index contributed by atoms with van der Waals surface area (Å²) in [7, 11) is -4.80. The molecule has 0 unspecified atom stereocenters. The first kappa shape index (κ1) is 19.9. The van der Waals surface area contributed by atoms with Crippen LogP contribution in [0.1, 0.15) is 0 Å². The summed E-state index contributed by atoms with van der Waals surface area (Å²) in [4.78, 5) is 26.6. The second-order valence-electron chi connectivity index (χ2n) is 2.96. The molecular formula is C6H14NaO9P. The summed E-state index contributed by atoms with van der Waals surface area (Å²) in [5, 5.41) is 36.1. The van der Waals surface area contributed by atoms with E-state index in [-0.39, 0.29) is 35.8 Å². The van der Waals surface area contributed by atoms with Gasteiger partial charge in [-0.2, -0.15) is 0 Å². The van der Waals surface area contributed by atoms with Crippen molar-refractivity contribution in [2.75, 3.05) is 6.61 Å². The van der Waals surface area contributed by atoms with Crippen LogP contribution in [0.15, 0.2) is 0 Å². The van der Waals surface area contributed by atoms with Crippen LogP contribution in [0.25, 0.3) is 0 Å². The van der Waals surface area contributed by atoms with Crippen LogP contribution in [0.2, 0.25) is 0 Å². The van der Waals surface area contributed by atoms with Gasteiger partial charge in [0.05, 0.1) is 6.61 Å². The van der Waals surface area contributed by atoms with Gasteiger partial charge in [-0.05, 0) is 0 Å². The molecule has 0 aromatic heterocycles. The third-order valence-corrected chi connectivity index (χ3v) is 2.13. The zero-order valence-electron chi connectivity index (χ0n) is 7.95. The number of aldehydes is 1. The maximum atomic E-state index is 10.2. The molecule has 0 rings (SSSR count). The molecule has 4 atom stereocenters. The van der Waals surface area contributed by atoms with Crippen molar-refractivity contribution in [3.05, 3.63) is 0 Å². The van der Waals surface area contributed by atoms with Gasteiger partial charge in [-0.1, -0.05) is 0 Å². The van der Waals surface area contributed by atoms with Gasteiger partial charge >= 0.3 is 37.4 Å². The molecule has 0 saturated heterocycles. The number of aliphatic hydroxyl groups is 4. The predicted octanol–water partition coefficient (Wildman–Crippen LogP) is -3.91. The Bertz CT molecular complexity index is 268. The Balaban J connectivity index is 0. The van der Waals surface area contributed by atoms with Crippen molar-refractivity contribution in [3.63, 3.8) is 0 Å². The van der Waals surface area contributed by atoms with Gasteiger partial charge in [0.1, 0.15) is 24.4 Å². The van der Waals surface area contributed by atoms with Crippen LogP contribution >= 0.6 is 7.82 Å². The molecule has 0 saturated carbocycles. The third-order valence-electron chi connectivity index (χ3n) is 1.65. The van der Waals surface area contributed by atoms with Gasteiger partial charge in [0.2, 0.25) is 0 Å². The molecule has 0 radical (unpaired) electrons. The van der Waals surface area contributed by atoms with Gasteiger partial charge < -0.3 is 35.0 Å². The average Bonchev–Trinajstić information content (AvgIpc) is 2.21. The van der Waals surface area contributed by atoms with E-state index in [4.69, 9.17) is 30.2 Å². The molecule has 0 amide bonds. The molecule has 9 nitrogen and oxygen atoms in total. The molecule has 0 fully saturated rings. The topological polar surface area (TPSA) is 165 Å². The summed E-state index contributed by atoms with van der Waals surface area (Å²) in [5.74, 6) is 0. The monoisotopic (exact) mass is 284 g/mol. The van der Waals surface area contributed by atoms with Crippen molar-refractivity contribution in [2.45, 2.75) is 24.4 Å². The first-order valence-electron chi connectivity index (χ1n) is 4.06. The van der Waals surface area contributed by atoms with Crippen molar-refractivity contribution >= 4 is 43.7 Å². The Hall–Kier alpha value is 0.620. The Morgan fingerprint density at radius 1 is 1.12 bits per heavy atom. The molecule has 0 aliphatic carbocycles. The van der Waals surface area contributed by atoms with Gasteiger partial charge in [-0.15, -0.1) is 0 Å². The number of aliphatic hydroxyl groups excluding tert-OH is 4. The second-order valence-corrected chi connectivity index (χ2v) is 4.20. The van der Waals surface area contributed by atoms with Gasteiger partial charge in [-0.3, -0.25) is 4.52 Å². The summed E-state index contributed by atoms with van der Waals surface area (Å²) in [6.45, 7) is -0.964. The van der Waals surface area contributed by atoms with Crippen LogP contribution in [0, 0.1) is 0 Å². The van der Waals surface area contributed by atoms with Crippen LogP contribution in [0.3, 0.4) is 0 Å². The van der Waals surface area contributed by atoms with E-state index in [2.05, 4.69) is 4.52 Å².